The number of imidazole rings is 1. The van der Waals surface area contributed by atoms with Gasteiger partial charge in [0.25, 0.3) is 0 Å². The minimum atomic E-state index is -1.19. The topological polar surface area (TPSA) is 83.0 Å². The predicted octanol–water partition coefficient (Wildman–Crippen LogP) is 2.88. The van der Waals surface area contributed by atoms with Gasteiger partial charge in [-0.3, -0.25) is 4.79 Å². The average Bonchev–Trinajstić information content (AvgIpc) is 2.92. The summed E-state index contributed by atoms with van der Waals surface area (Å²) in [6.45, 7) is 9.73. The molecule has 0 saturated heterocycles. The fraction of sp³-hybridized carbons (Fsp3) is 0.312. The predicted molar refractivity (Wildman–Crippen MR) is 79.1 cm³/mol. The maximum atomic E-state index is 12.7. The largest absolute Gasteiger partial charge is 0.477 e. The Kier molecular flexibility index (Phi) is 3.68. The summed E-state index contributed by atoms with van der Waals surface area (Å²) in [6, 6.07) is 0. The molecule has 2 aromatic rings. The van der Waals surface area contributed by atoms with Crippen LogP contribution >= 0.6 is 0 Å². The highest BCUT2D eigenvalue weighted by Gasteiger charge is 2.25. The first-order valence-corrected chi connectivity index (χ1v) is 6.65. The smallest absolute Gasteiger partial charge is 0.354 e. The Hall–Kier alpha value is -2.43. The Morgan fingerprint density at radius 2 is 1.43 bits per heavy atom. The summed E-state index contributed by atoms with van der Waals surface area (Å²) in [5.41, 5.74) is 5.33. The molecule has 5 nitrogen and oxygen atoms in total. The summed E-state index contributed by atoms with van der Waals surface area (Å²) in [5, 5.41) is 9.12. The molecule has 0 aliphatic heterocycles. The maximum absolute atomic E-state index is 12.7. The number of carbonyl (C=O) groups is 2. The third-order valence-electron chi connectivity index (χ3n) is 4.30. The monoisotopic (exact) mass is 286 g/mol. The number of carbonyl (C=O) groups excluding carboxylic acids is 1. The molecular weight excluding hydrogens is 268 g/mol. The van der Waals surface area contributed by atoms with Crippen LogP contribution in [0.1, 0.15) is 54.4 Å². The van der Waals surface area contributed by atoms with Gasteiger partial charge in [0.1, 0.15) is 5.69 Å². The molecule has 0 fully saturated rings. The Bertz CT molecular complexity index is 728. The SMILES string of the molecule is Cc1c(C)c(C)c(C(=O)c2nc[nH]c2C(=O)O)c(C)c1C. The lowest BCUT2D eigenvalue weighted by Crippen LogP contribution is -2.14. The van der Waals surface area contributed by atoms with E-state index in [-0.39, 0.29) is 17.2 Å². The number of nitrogens with zero attached hydrogens (tertiary/aromatic N) is 1. The quantitative estimate of drug-likeness (QED) is 0.850. The van der Waals surface area contributed by atoms with E-state index >= 15 is 0 Å². The highest BCUT2D eigenvalue weighted by molar-refractivity contribution is 6.14. The van der Waals surface area contributed by atoms with Gasteiger partial charge in [0.15, 0.2) is 5.69 Å². The molecule has 2 N–H and O–H groups in total. The first kappa shape index (κ1) is 15.0. The van der Waals surface area contributed by atoms with Gasteiger partial charge in [-0.15, -0.1) is 0 Å². The van der Waals surface area contributed by atoms with Gasteiger partial charge in [-0.2, -0.15) is 0 Å². The number of rotatable bonds is 3. The number of carboxylic acids is 1. The van der Waals surface area contributed by atoms with Gasteiger partial charge in [0.05, 0.1) is 6.33 Å². The van der Waals surface area contributed by atoms with E-state index in [0.717, 1.165) is 27.8 Å². The summed E-state index contributed by atoms with van der Waals surface area (Å²) in [6.07, 6.45) is 1.23. The van der Waals surface area contributed by atoms with Gasteiger partial charge in [-0.25, -0.2) is 9.78 Å². The number of aromatic nitrogens is 2. The third-order valence-corrected chi connectivity index (χ3v) is 4.30. The average molecular weight is 286 g/mol. The molecule has 0 atom stereocenters. The molecule has 0 amide bonds. The normalized spacial score (nSPS) is 10.7. The van der Waals surface area contributed by atoms with E-state index in [1.54, 1.807) is 0 Å². The fourth-order valence-electron chi connectivity index (χ4n) is 2.59. The van der Waals surface area contributed by atoms with Crippen molar-refractivity contribution in [1.29, 1.82) is 0 Å². The second kappa shape index (κ2) is 5.16. The van der Waals surface area contributed by atoms with Gasteiger partial charge in [-0.05, 0) is 62.4 Å². The van der Waals surface area contributed by atoms with Gasteiger partial charge >= 0.3 is 5.97 Å². The highest BCUT2D eigenvalue weighted by Crippen LogP contribution is 2.28. The molecule has 0 saturated carbocycles. The molecule has 0 bridgehead atoms. The number of aromatic amines is 1. The molecule has 0 spiro atoms. The zero-order valence-corrected chi connectivity index (χ0v) is 12.8. The van der Waals surface area contributed by atoms with Gasteiger partial charge in [-0.1, -0.05) is 0 Å². The van der Waals surface area contributed by atoms with Crippen molar-refractivity contribution in [2.75, 3.05) is 0 Å². The summed E-state index contributed by atoms with van der Waals surface area (Å²) in [4.78, 5) is 30.3. The Labute approximate surface area is 123 Å². The summed E-state index contributed by atoms with van der Waals surface area (Å²) in [5.74, 6) is -1.54. The Morgan fingerprint density at radius 3 is 1.90 bits per heavy atom. The van der Waals surface area contributed by atoms with Crippen LogP contribution < -0.4 is 0 Å². The molecule has 0 radical (unpaired) electrons. The van der Waals surface area contributed by atoms with E-state index in [0.29, 0.717) is 5.56 Å². The number of hydrogen-bond acceptors (Lipinski definition) is 3. The molecule has 1 aromatic carbocycles. The van der Waals surface area contributed by atoms with Crippen LogP contribution in [0.15, 0.2) is 6.33 Å². The van der Waals surface area contributed by atoms with Gasteiger partial charge in [0, 0.05) is 5.56 Å². The van der Waals surface area contributed by atoms with Crippen LogP contribution in [0, 0.1) is 34.6 Å². The number of aromatic carboxylic acids is 1. The molecule has 2 rings (SSSR count). The lowest BCUT2D eigenvalue weighted by atomic mass is 9.87. The van der Waals surface area contributed by atoms with Crippen LogP contribution in [0.2, 0.25) is 0 Å². The van der Waals surface area contributed by atoms with Crippen molar-refractivity contribution in [1.82, 2.24) is 9.97 Å². The fourth-order valence-corrected chi connectivity index (χ4v) is 2.59. The minimum Gasteiger partial charge on any atom is -0.477 e. The van der Waals surface area contributed by atoms with E-state index in [9.17, 15) is 9.59 Å². The molecule has 1 aromatic heterocycles. The second-order valence-corrected chi connectivity index (χ2v) is 5.26. The summed E-state index contributed by atoms with van der Waals surface area (Å²) in [7, 11) is 0. The number of benzene rings is 1. The van der Waals surface area contributed by atoms with Crippen LogP contribution in [0.5, 0.6) is 0 Å². The summed E-state index contributed by atoms with van der Waals surface area (Å²) < 4.78 is 0. The van der Waals surface area contributed by atoms with Crippen molar-refractivity contribution in [3.05, 3.63) is 51.1 Å². The van der Waals surface area contributed by atoms with E-state index < -0.39 is 5.97 Å². The first-order valence-electron chi connectivity index (χ1n) is 6.65. The summed E-state index contributed by atoms with van der Waals surface area (Å²) >= 11 is 0. The molecule has 0 aliphatic rings. The number of hydrogen-bond donors (Lipinski definition) is 2. The molecule has 21 heavy (non-hydrogen) atoms. The Morgan fingerprint density at radius 1 is 0.952 bits per heavy atom. The van der Waals surface area contributed by atoms with Crippen molar-refractivity contribution in [2.45, 2.75) is 34.6 Å². The van der Waals surface area contributed by atoms with Crippen LogP contribution in [-0.4, -0.2) is 26.8 Å². The first-order chi connectivity index (χ1) is 9.77. The van der Waals surface area contributed by atoms with E-state index in [1.807, 2.05) is 34.6 Å². The van der Waals surface area contributed by atoms with Gasteiger partial charge < -0.3 is 10.1 Å². The minimum absolute atomic E-state index is 0.0450. The highest BCUT2D eigenvalue weighted by atomic mass is 16.4. The second-order valence-electron chi connectivity index (χ2n) is 5.26. The number of nitrogens with one attached hydrogen (secondary N) is 1. The van der Waals surface area contributed by atoms with Crippen molar-refractivity contribution in [3.63, 3.8) is 0 Å². The van der Waals surface area contributed by atoms with Crippen LogP contribution in [0.3, 0.4) is 0 Å². The maximum Gasteiger partial charge on any atom is 0.354 e. The standard InChI is InChI=1S/C16H18N2O3/c1-7-8(2)10(4)12(11(5)9(7)3)15(19)13-14(16(20)21)18-6-17-13/h6H,1-5H3,(H,17,18)(H,20,21). The molecular formula is C16H18N2O3. The zero-order chi connectivity index (χ0) is 15.9. The van der Waals surface area contributed by atoms with Crippen LogP contribution in [0.4, 0.5) is 0 Å². The molecule has 0 aliphatic carbocycles. The van der Waals surface area contributed by atoms with E-state index in [1.165, 1.54) is 6.33 Å². The lowest BCUT2D eigenvalue weighted by Gasteiger charge is -2.17. The van der Waals surface area contributed by atoms with Crippen LogP contribution in [0.25, 0.3) is 0 Å². The van der Waals surface area contributed by atoms with E-state index in [2.05, 4.69) is 9.97 Å². The van der Waals surface area contributed by atoms with Crippen molar-refractivity contribution in [2.24, 2.45) is 0 Å². The van der Waals surface area contributed by atoms with E-state index in [4.69, 9.17) is 5.11 Å². The third kappa shape index (κ3) is 2.24. The molecule has 5 heteroatoms. The number of ketones is 1. The van der Waals surface area contributed by atoms with Gasteiger partial charge in [0.2, 0.25) is 5.78 Å². The zero-order valence-electron chi connectivity index (χ0n) is 12.8. The van der Waals surface area contributed by atoms with Crippen molar-refractivity contribution >= 4 is 11.8 Å². The molecule has 0 unspecified atom stereocenters. The molecule has 1 heterocycles. The number of carboxylic acid groups (broad SMARTS) is 1. The number of H-pyrrole nitrogens is 1. The van der Waals surface area contributed by atoms with Crippen molar-refractivity contribution < 1.29 is 14.7 Å². The van der Waals surface area contributed by atoms with Crippen molar-refractivity contribution in [3.8, 4) is 0 Å². The van der Waals surface area contributed by atoms with Crippen LogP contribution in [-0.2, 0) is 0 Å². The lowest BCUT2D eigenvalue weighted by molar-refractivity contribution is 0.0687. The molecule has 110 valence electrons. The Balaban J connectivity index is 2.70.